The van der Waals surface area contributed by atoms with Crippen LogP contribution < -0.4 is 5.32 Å². The summed E-state index contributed by atoms with van der Waals surface area (Å²) >= 11 is 3.53. The molecule has 3 heterocycles. The van der Waals surface area contributed by atoms with Crippen LogP contribution in [0.15, 0.2) is 29.0 Å². The summed E-state index contributed by atoms with van der Waals surface area (Å²) in [4.78, 5) is 4.60. The molecule has 3 rings (SSSR count). The van der Waals surface area contributed by atoms with Gasteiger partial charge in [0.2, 0.25) is 0 Å². The quantitative estimate of drug-likeness (QED) is 0.876. The van der Waals surface area contributed by atoms with Crippen LogP contribution in [-0.4, -0.2) is 22.5 Å². The van der Waals surface area contributed by atoms with E-state index < -0.39 is 0 Å². The predicted molar refractivity (Wildman–Crippen MR) is 72.4 cm³/mol. The number of halogens is 1. The van der Waals surface area contributed by atoms with Crippen LogP contribution in [0.2, 0.25) is 0 Å². The Bertz CT molecular complexity index is 512. The minimum Gasteiger partial charge on any atom is -0.316 e. The van der Waals surface area contributed by atoms with Gasteiger partial charge < -0.3 is 9.72 Å². The summed E-state index contributed by atoms with van der Waals surface area (Å²) in [5.74, 6) is 1.73. The van der Waals surface area contributed by atoms with E-state index in [4.69, 9.17) is 0 Å². The van der Waals surface area contributed by atoms with Crippen LogP contribution >= 0.6 is 15.9 Å². The minimum atomic E-state index is 0.536. The summed E-state index contributed by atoms with van der Waals surface area (Å²) in [5.41, 5.74) is 1.17. The SMILES string of the molecule is Brc1ccc2cnc(C3CCCCNC3)n2c1. The molecule has 17 heavy (non-hydrogen) atoms. The minimum absolute atomic E-state index is 0.536. The average Bonchev–Trinajstić information content (AvgIpc) is 2.58. The van der Waals surface area contributed by atoms with Gasteiger partial charge in [0.25, 0.3) is 0 Å². The first-order valence-corrected chi connectivity index (χ1v) is 6.97. The number of nitrogens with zero attached hydrogens (tertiary/aromatic N) is 2. The van der Waals surface area contributed by atoms with Crippen molar-refractivity contribution in [2.24, 2.45) is 0 Å². The lowest BCUT2D eigenvalue weighted by atomic mass is 10.0. The Morgan fingerprint density at radius 3 is 3.24 bits per heavy atom. The number of fused-ring (bicyclic) bond motifs is 1. The lowest BCUT2D eigenvalue weighted by molar-refractivity contribution is 0.576. The van der Waals surface area contributed by atoms with Crippen molar-refractivity contribution < 1.29 is 0 Å². The average molecular weight is 294 g/mol. The van der Waals surface area contributed by atoms with E-state index >= 15 is 0 Å². The van der Waals surface area contributed by atoms with Gasteiger partial charge >= 0.3 is 0 Å². The molecule has 1 fully saturated rings. The first kappa shape index (κ1) is 11.2. The number of imidazole rings is 1. The van der Waals surface area contributed by atoms with Gasteiger partial charge in [0.15, 0.2) is 0 Å². The molecule has 0 bridgehead atoms. The van der Waals surface area contributed by atoms with Crippen molar-refractivity contribution in [1.29, 1.82) is 0 Å². The van der Waals surface area contributed by atoms with Gasteiger partial charge in [0.05, 0.1) is 11.7 Å². The Kier molecular flexibility index (Phi) is 3.16. The zero-order valence-electron chi connectivity index (χ0n) is 9.69. The Labute approximate surface area is 109 Å². The molecule has 0 radical (unpaired) electrons. The number of hydrogen-bond donors (Lipinski definition) is 1. The molecular formula is C13H16BrN3. The highest BCUT2D eigenvalue weighted by molar-refractivity contribution is 9.10. The van der Waals surface area contributed by atoms with E-state index in [0.717, 1.165) is 17.6 Å². The van der Waals surface area contributed by atoms with E-state index in [1.165, 1.54) is 30.6 Å². The smallest absolute Gasteiger partial charge is 0.117 e. The van der Waals surface area contributed by atoms with Gasteiger partial charge in [-0.3, -0.25) is 0 Å². The molecule has 4 heteroatoms. The maximum Gasteiger partial charge on any atom is 0.117 e. The molecule has 90 valence electrons. The van der Waals surface area contributed by atoms with Crippen LogP contribution in [0, 0.1) is 0 Å². The highest BCUT2D eigenvalue weighted by Gasteiger charge is 2.18. The molecule has 1 unspecified atom stereocenters. The maximum atomic E-state index is 4.60. The van der Waals surface area contributed by atoms with E-state index in [0.29, 0.717) is 5.92 Å². The monoisotopic (exact) mass is 293 g/mol. The Balaban J connectivity index is 2.00. The summed E-state index contributed by atoms with van der Waals surface area (Å²) in [7, 11) is 0. The summed E-state index contributed by atoms with van der Waals surface area (Å²) in [6, 6.07) is 4.16. The Hall–Kier alpha value is -0.870. The molecule has 0 aliphatic carbocycles. The summed E-state index contributed by atoms with van der Waals surface area (Å²) in [5, 5.41) is 3.50. The number of rotatable bonds is 1. The first-order chi connectivity index (χ1) is 8.34. The van der Waals surface area contributed by atoms with E-state index in [9.17, 15) is 0 Å². The van der Waals surface area contributed by atoms with E-state index in [2.05, 4.69) is 49.0 Å². The van der Waals surface area contributed by atoms with Crippen LogP contribution in [0.3, 0.4) is 0 Å². The predicted octanol–water partition coefficient (Wildman–Crippen LogP) is 2.95. The number of pyridine rings is 1. The van der Waals surface area contributed by atoms with Crippen molar-refractivity contribution >= 4 is 21.4 Å². The molecule has 0 amide bonds. The number of hydrogen-bond acceptors (Lipinski definition) is 2. The second-order valence-corrected chi connectivity index (χ2v) is 5.57. The molecule has 2 aromatic rings. The normalized spacial score (nSPS) is 21.6. The van der Waals surface area contributed by atoms with Crippen LogP contribution in [0.5, 0.6) is 0 Å². The van der Waals surface area contributed by atoms with Crippen molar-refractivity contribution in [3.8, 4) is 0 Å². The first-order valence-electron chi connectivity index (χ1n) is 6.18. The van der Waals surface area contributed by atoms with Crippen molar-refractivity contribution in [3.05, 3.63) is 34.8 Å². The van der Waals surface area contributed by atoms with Gasteiger partial charge in [-0.25, -0.2) is 4.98 Å². The highest BCUT2D eigenvalue weighted by atomic mass is 79.9. The zero-order chi connectivity index (χ0) is 11.7. The van der Waals surface area contributed by atoms with Crippen LogP contribution in [-0.2, 0) is 0 Å². The molecule has 1 saturated heterocycles. The largest absolute Gasteiger partial charge is 0.316 e. The lowest BCUT2D eigenvalue weighted by Gasteiger charge is -2.13. The fourth-order valence-electron chi connectivity index (χ4n) is 2.53. The van der Waals surface area contributed by atoms with E-state index in [1.54, 1.807) is 0 Å². The van der Waals surface area contributed by atoms with Gasteiger partial charge in [0, 0.05) is 23.1 Å². The molecule has 1 N–H and O–H groups in total. The molecule has 0 spiro atoms. The Morgan fingerprint density at radius 2 is 2.29 bits per heavy atom. The fourth-order valence-corrected chi connectivity index (χ4v) is 2.86. The third-order valence-corrected chi connectivity index (χ3v) is 3.90. The summed E-state index contributed by atoms with van der Waals surface area (Å²) < 4.78 is 3.31. The number of nitrogens with one attached hydrogen (secondary N) is 1. The highest BCUT2D eigenvalue weighted by Crippen LogP contribution is 2.24. The molecule has 1 aliphatic heterocycles. The van der Waals surface area contributed by atoms with Crippen LogP contribution in [0.25, 0.3) is 5.52 Å². The van der Waals surface area contributed by atoms with Crippen LogP contribution in [0.4, 0.5) is 0 Å². The summed E-state index contributed by atoms with van der Waals surface area (Å²) in [6.45, 7) is 2.19. The van der Waals surface area contributed by atoms with E-state index in [1.807, 2.05) is 6.20 Å². The Morgan fingerprint density at radius 1 is 1.35 bits per heavy atom. The van der Waals surface area contributed by atoms with Gasteiger partial charge in [-0.1, -0.05) is 6.42 Å². The van der Waals surface area contributed by atoms with E-state index in [-0.39, 0.29) is 0 Å². The molecule has 1 aliphatic rings. The van der Waals surface area contributed by atoms with Crippen molar-refractivity contribution in [1.82, 2.24) is 14.7 Å². The van der Waals surface area contributed by atoms with Crippen molar-refractivity contribution in [2.75, 3.05) is 13.1 Å². The standard InChI is InChI=1S/C13H16BrN3/c14-11-4-5-12-8-16-13(17(12)9-11)10-3-1-2-6-15-7-10/h4-5,8-10,15H,1-3,6-7H2. The van der Waals surface area contributed by atoms with Gasteiger partial charge in [-0.15, -0.1) is 0 Å². The third-order valence-electron chi connectivity index (χ3n) is 3.43. The molecular weight excluding hydrogens is 278 g/mol. The van der Waals surface area contributed by atoms with Crippen molar-refractivity contribution in [2.45, 2.75) is 25.2 Å². The molecule has 3 nitrogen and oxygen atoms in total. The van der Waals surface area contributed by atoms with Crippen LogP contribution in [0.1, 0.15) is 31.0 Å². The lowest BCUT2D eigenvalue weighted by Crippen LogP contribution is -2.20. The zero-order valence-corrected chi connectivity index (χ0v) is 11.3. The van der Waals surface area contributed by atoms with Gasteiger partial charge in [-0.2, -0.15) is 0 Å². The molecule has 1 atom stereocenters. The number of aromatic nitrogens is 2. The second kappa shape index (κ2) is 4.78. The second-order valence-electron chi connectivity index (χ2n) is 4.66. The topological polar surface area (TPSA) is 29.3 Å². The third kappa shape index (κ3) is 2.24. The van der Waals surface area contributed by atoms with Gasteiger partial charge in [0.1, 0.15) is 5.82 Å². The van der Waals surface area contributed by atoms with Gasteiger partial charge in [-0.05, 0) is 47.4 Å². The van der Waals surface area contributed by atoms with Crippen molar-refractivity contribution in [3.63, 3.8) is 0 Å². The molecule has 0 saturated carbocycles. The summed E-state index contributed by atoms with van der Waals surface area (Å²) in [6.07, 6.45) is 7.89. The maximum absolute atomic E-state index is 4.60. The molecule has 0 aromatic carbocycles. The molecule has 2 aromatic heterocycles. The fraction of sp³-hybridized carbons (Fsp3) is 0.462.